The van der Waals surface area contributed by atoms with Crippen molar-refractivity contribution in [3.63, 3.8) is 0 Å². The van der Waals surface area contributed by atoms with Crippen molar-refractivity contribution in [1.29, 1.82) is 0 Å². The van der Waals surface area contributed by atoms with Gasteiger partial charge in [0.05, 0.1) is 5.69 Å². The first-order valence-corrected chi connectivity index (χ1v) is 7.62. The molecule has 0 unspecified atom stereocenters. The predicted molar refractivity (Wildman–Crippen MR) is 86.0 cm³/mol. The van der Waals surface area contributed by atoms with Gasteiger partial charge in [0.2, 0.25) is 0 Å². The van der Waals surface area contributed by atoms with Crippen LogP contribution in [0.2, 0.25) is 0 Å². The fourth-order valence-corrected chi connectivity index (χ4v) is 3.24. The molecule has 1 fully saturated rings. The van der Waals surface area contributed by atoms with Crippen LogP contribution in [0.1, 0.15) is 24.3 Å². The van der Waals surface area contributed by atoms with Crippen molar-refractivity contribution in [2.75, 3.05) is 11.9 Å². The summed E-state index contributed by atoms with van der Waals surface area (Å²) in [6, 6.07) is 14.7. The molecule has 22 heavy (non-hydrogen) atoms. The maximum Gasteiger partial charge on any atom is 0.262 e. The number of benzene rings is 2. The molecule has 0 spiro atoms. The van der Waals surface area contributed by atoms with E-state index in [1.165, 1.54) is 5.56 Å². The smallest absolute Gasteiger partial charge is 0.262 e. The molecule has 0 aromatic heterocycles. The van der Waals surface area contributed by atoms with E-state index in [0.717, 1.165) is 35.4 Å². The molecule has 3 N–H and O–H groups in total. The number of carbonyl (C=O) groups excluding carboxylic acids is 1. The lowest BCUT2D eigenvalue weighted by atomic mass is 9.76. The van der Waals surface area contributed by atoms with Crippen LogP contribution in [0.3, 0.4) is 0 Å². The molecule has 1 amide bonds. The fourth-order valence-electron chi connectivity index (χ4n) is 3.24. The zero-order valence-corrected chi connectivity index (χ0v) is 12.2. The van der Waals surface area contributed by atoms with E-state index in [4.69, 9.17) is 10.5 Å². The number of rotatable bonds is 2. The van der Waals surface area contributed by atoms with Crippen molar-refractivity contribution in [1.82, 2.24) is 0 Å². The first-order chi connectivity index (χ1) is 10.7. The van der Waals surface area contributed by atoms with Crippen LogP contribution in [-0.4, -0.2) is 18.6 Å². The predicted octanol–water partition coefficient (Wildman–Crippen LogP) is 2.89. The fraction of sp³-hybridized carbons (Fsp3) is 0.278. The van der Waals surface area contributed by atoms with Crippen LogP contribution >= 0.6 is 0 Å². The zero-order chi connectivity index (χ0) is 15.1. The van der Waals surface area contributed by atoms with Gasteiger partial charge in [0.1, 0.15) is 0 Å². The lowest BCUT2D eigenvalue weighted by molar-refractivity contribution is -0.118. The highest BCUT2D eigenvalue weighted by Gasteiger charge is 2.27. The number of nitrogens with two attached hydrogens (primary N) is 1. The van der Waals surface area contributed by atoms with Gasteiger partial charge in [-0.15, -0.1) is 0 Å². The van der Waals surface area contributed by atoms with Crippen LogP contribution in [0.25, 0.3) is 11.1 Å². The Kier molecular flexibility index (Phi) is 3.12. The van der Waals surface area contributed by atoms with Gasteiger partial charge in [0, 0.05) is 11.6 Å². The maximum atomic E-state index is 11.4. The van der Waals surface area contributed by atoms with Gasteiger partial charge in [0.15, 0.2) is 12.4 Å². The minimum atomic E-state index is -0.109. The number of nitrogens with one attached hydrogen (secondary N) is 1. The average molecular weight is 294 g/mol. The van der Waals surface area contributed by atoms with Gasteiger partial charge in [-0.1, -0.05) is 36.4 Å². The molecule has 0 bridgehead atoms. The minimum Gasteiger partial charge on any atom is -0.481 e. The molecule has 0 saturated heterocycles. The third-order valence-electron chi connectivity index (χ3n) is 4.48. The Morgan fingerprint density at radius 2 is 1.95 bits per heavy atom. The summed E-state index contributed by atoms with van der Waals surface area (Å²) >= 11 is 0. The van der Waals surface area contributed by atoms with Gasteiger partial charge >= 0.3 is 0 Å². The monoisotopic (exact) mass is 294 g/mol. The first-order valence-electron chi connectivity index (χ1n) is 7.62. The third-order valence-corrected chi connectivity index (χ3v) is 4.48. The van der Waals surface area contributed by atoms with Gasteiger partial charge in [-0.05, 0) is 36.0 Å². The Morgan fingerprint density at radius 1 is 1.14 bits per heavy atom. The molecule has 2 aliphatic rings. The maximum absolute atomic E-state index is 11.4. The second-order valence-electron chi connectivity index (χ2n) is 6.07. The summed E-state index contributed by atoms with van der Waals surface area (Å²) in [6.45, 7) is 0.0706. The Morgan fingerprint density at radius 3 is 2.77 bits per heavy atom. The summed E-state index contributed by atoms with van der Waals surface area (Å²) in [5.41, 5.74) is 10.1. The van der Waals surface area contributed by atoms with Crippen molar-refractivity contribution >= 4 is 11.6 Å². The number of ether oxygens (including phenoxy) is 1. The Labute approximate surface area is 129 Å². The normalized spacial score (nSPS) is 23.0. The number of fused-ring (bicyclic) bond motifs is 1. The number of hydrogen-bond acceptors (Lipinski definition) is 3. The SMILES string of the molecule is NC1CC(c2cccc(-c3cccc4c3OCC(=O)N4)c2)C1. The number of anilines is 1. The molecule has 1 saturated carbocycles. The van der Waals surface area contributed by atoms with Gasteiger partial charge in [-0.2, -0.15) is 0 Å². The van der Waals surface area contributed by atoms with Crippen LogP contribution in [0.4, 0.5) is 5.69 Å². The van der Waals surface area contributed by atoms with E-state index >= 15 is 0 Å². The van der Waals surface area contributed by atoms with Crippen molar-refractivity contribution in [3.8, 4) is 16.9 Å². The molecule has 0 atom stereocenters. The van der Waals surface area contributed by atoms with Crippen molar-refractivity contribution in [2.24, 2.45) is 5.73 Å². The summed E-state index contributed by atoms with van der Waals surface area (Å²) in [7, 11) is 0. The summed E-state index contributed by atoms with van der Waals surface area (Å²) in [5, 5.41) is 2.86. The van der Waals surface area contributed by atoms with Crippen LogP contribution < -0.4 is 15.8 Å². The van der Waals surface area contributed by atoms with Crippen LogP contribution in [0, 0.1) is 0 Å². The Balaban J connectivity index is 1.72. The molecule has 0 radical (unpaired) electrons. The van der Waals surface area contributed by atoms with E-state index in [9.17, 15) is 4.79 Å². The lowest BCUT2D eigenvalue weighted by Gasteiger charge is -2.33. The minimum absolute atomic E-state index is 0.0706. The quantitative estimate of drug-likeness (QED) is 0.895. The molecule has 2 aromatic carbocycles. The van der Waals surface area contributed by atoms with Crippen LogP contribution in [0.15, 0.2) is 42.5 Å². The first kappa shape index (κ1) is 13.3. The third kappa shape index (κ3) is 2.25. The highest BCUT2D eigenvalue weighted by molar-refractivity contribution is 5.97. The largest absolute Gasteiger partial charge is 0.481 e. The topological polar surface area (TPSA) is 64.3 Å². The van der Waals surface area contributed by atoms with E-state index in [-0.39, 0.29) is 12.5 Å². The van der Waals surface area contributed by atoms with E-state index in [2.05, 4.69) is 29.6 Å². The molecule has 1 heterocycles. The molecular weight excluding hydrogens is 276 g/mol. The summed E-state index contributed by atoms with van der Waals surface area (Å²) < 4.78 is 5.65. The van der Waals surface area contributed by atoms with Crippen molar-refractivity contribution < 1.29 is 9.53 Å². The summed E-state index contributed by atoms with van der Waals surface area (Å²) in [5.74, 6) is 1.21. The summed E-state index contributed by atoms with van der Waals surface area (Å²) in [6.07, 6.45) is 2.12. The molecule has 4 heteroatoms. The summed E-state index contributed by atoms with van der Waals surface area (Å²) in [4.78, 5) is 11.4. The second kappa shape index (κ2) is 5.14. The van der Waals surface area contributed by atoms with Crippen LogP contribution in [0.5, 0.6) is 5.75 Å². The van der Waals surface area contributed by atoms with E-state index in [1.807, 2.05) is 18.2 Å². The molecule has 1 aliphatic carbocycles. The number of carbonyl (C=O) groups is 1. The van der Waals surface area contributed by atoms with Gasteiger partial charge < -0.3 is 15.8 Å². The standard InChI is InChI=1S/C18H18N2O2/c19-14-8-13(9-14)11-3-1-4-12(7-11)15-5-2-6-16-18(15)22-10-17(21)20-16/h1-7,13-14H,8-10,19H2,(H,20,21). The van der Waals surface area contributed by atoms with Crippen molar-refractivity contribution in [2.45, 2.75) is 24.8 Å². The average Bonchev–Trinajstić information content (AvgIpc) is 2.51. The number of amides is 1. The second-order valence-corrected chi connectivity index (χ2v) is 6.07. The Hall–Kier alpha value is -2.33. The van der Waals surface area contributed by atoms with Crippen LogP contribution in [-0.2, 0) is 4.79 Å². The van der Waals surface area contributed by atoms with E-state index < -0.39 is 0 Å². The zero-order valence-electron chi connectivity index (χ0n) is 12.2. The molecule has 1 aliphatic heterocycles. The molecule has 4 rings (SSSR count). The number of para-hydroxylation sites is 1. The molecule has 4 nitrogen and oxygen atoms in total. The van der Waals surface area contributed by atoms with Crippen molar-refractivity contribution in [3.05, 3.63) is 48.0 Å². The Bertz CT molecular complexity index is 736. The lowest BCUT2D eigenvalue weighted by Crippen LogP contribution is -2.34. The van der Waals surface area contributed by atoms with Gasteiger partial charge in [0.25, 0.3) is 5.91 Å². The molecule has 2 aromatic rings. The highest BCUT2D eigenvalue weighted by atomic mass is 16.5. The highest BCUT2D eigenvalue weighted by Crippen LogP contribution is 2.41. The van der Waals surface area contributed by atoms with E-state index in [0.29, 0.717) is 12.0 Å². The van der Waals surface area contributed by atoms with Gasteiger partial charge in [-0.3, -0.25) is 4.79 Å². The molecule has 112 valence electrons. The van der Waals surface area contributed by atoms with Gasteiger partial charge in [-0.25, -0.2) is 0 Å². The van der Waals surface area contributed by atoms with E-state index in [1.54, 1.807) is 0 Å². The number of hydrogen-bond donors (Lipinski definition) is 2. The molecular formula is C18H18N2O2.